The molecule has 40 heavy (non-hydrogen) atoms. The Labute approximate surface area is 235 Å². The lowest BCUT2D eigenvalue weighted by molar-refractivity contribution is 0.00736. The van der Waals surface area contributed by atoms with Gasteiger partial charge >= 0.3 is 6.09 Å². The monoisotopic (exact) mass is 548 g/mol. The number of amides is 1. The second-order valence-corrected chi connectivity index (χ2v) is 11.9. The number of pyridine rings is 2. The van der Waals surface area contributed by atoms with Gasteiger partial charge in [-0.25, -0.2) is 9.48 Å². The highest BCUT2D eigenvalue weighted by Gasteiger charge is 2.34. The smallest absolute Gasteiger partial charge is 0.410 e. The summed E-state index contributed by atoms with van der Waals surface area (Å²) >= 11 is 0. The predicted octanol–water partition coefficient (Wildman–Crippen LogP) is 4.49. The summed E-state index contributed by atoms with van der Waals surface area (Å²) in [6.45, 7) is 8.44. The molecule has 3 aromatic heterocycles. The van der Waals surface area contributed by atoms with Crippen LogP contribution in [-0.2, 0) is 11.3 Å². The second kappa shape index (κ2) is 11.7. The number of ether oxygens (including phenoxy) is 2. The molecule has 0 N–H and O–H groups in total. The first-order chi connectivity index (χ1) is 19.2. The van der Waals surface area contributed by atoms with Crippen LogP contribution in [0.15, 0.2) is 54.0 Å². The SMILES string of the molecule is COc1cncc(-n2cc(Cn3ccc(N4CCC[C@@H](N(CC5CCC5)C(=O)OC(C)(C)C)C4)cc3=O)cn2)c1. The Balaban J connectivity index is 1.27. The van der Waals surface area contributed by atoms with Crippen LogP contribution in [0.2, 0.25) is 0 Å². The fourth-order valence-corrected chi connectivity index (χ4v) is 5.34. The van der Waals surface area contributed by atoms with E-state index in [-0.39, 0.29) is 17.7 Å². The molecule has 1 aliphatic carbocycles. The molecule has 1 atom stereocenters. The number of carbonyl (C=O) groups excluding carboxylic acids is 1. The minimum atomic E-state index is -0.533. The van der Waals surface area contributed by atoms with E-state index in [1.54, 1.807) is 41.0 Å². The minimum Gasteiger partial charge on any atom is -0.495 e. The van der Waals surface area contributed by atoms with Gasteiger partial charge in [0.15, 0.2) is 0 Å². The molecule has 1 amide bonds. The van der Waals surface area contributed by atoms with Crippen molar-refractivity contribution in [2.45, 2.75) is 71.1 Å². The van der Waals surface area contributed by atoms with Crippen molar-refractivity contribution in [2.75, 3.05) is 31.6 Å². The molecule has 1 saturated heterocycles. The summed E-state index contributed by atoms with van der Waals surface area (Å²) in [6, 6.07) is 5.60. The lowest BCUT2D eigenvalue weighted by atomic mass is 9.84. The number of rotatable bonds is 8. The summed E-state index contributed by atoms with van der Waals surface area (Å²) < 4.78 is 14.4. The number of hydrogen-bond acceptors (Lipinski definition) is 7. The zero-order chi connectivity index (χ0) is 28.3. The van der Waals surface area contributed by atoms with Gasteiger partial charge in [0.05, 0.1) is 44.0 Å². The Kier molecular flexibility index (Phi) is 8.14. The van der Waals surface area contributed by atoms with Gasteiger partial charge in [-0.05, 0) is 58.4 Å². The fourth-order valence-electron chi connectivity index (χ4n) is 5.34. The molecule has 5 rings (SSSR count). The van der Waals surface area contributed by atoms with Crippen molar-refractivity contribution in [3.63, 3.8) is 0 Å². The number of nitrogens with zero attached hydrogens (tertiary/aromatic N) is 6. The van der Waals surface area contributed by atoms with Gasteiger partial charge in [0.2, 0.25) is 0 Å². The van der Waals surface area contributed by atoms with Crippen LogP contribution in [-0.4, -0.2) is 68.7 Å². The van der Waals surface area contributed by atoms with Crippen molar-refractivity contribution in [3.05, 3.63) is 65.1 Å². The molecular weight excluding hydrogens is 508 g/mol. The first-order valence-corrected chi connectivity index (χ1v) is 14.2. The molecule has 1 aliphatic heterocycles. The molecule has 1 saturated carbocycles. The number of aromatic nitrogens is 4. The number of anilines is 1. The first-order valence-electron chi connectivity index (χ1n) is 14.2. The Morgan fingerprint density at radius 1 is 1.10 bits per heavy atom. The summed E-state index contributed by atoms with van der Waals surface area (Å²) in [5.41, 5.74) is 1.96. The van der Waals surface area contributed by atoms with Crippen molar-refractivity contribution in [3.8, 4) is 11.4 Å². The molecular formula is C30H40N6O4. The summed E-state index contributed by atoms with van der Waals surface area (Å²) in [6.07, 6.45) is 14.1. The standard InChI is InChI=1S/C30H40N6O4/c1-30(2,3)40-29(38)35(19-22-7-5-8-22)25-9-6-11-33(21-25)24-10-12-34(28(37)14-24)18-23-15-32-36(20-23)26-13-27(39-4)17-31-16-26/h10,12-17,20,22,25H,5-9,11,18-19,21H2,1-4H3/t25-/m1/s1. The maximum absolute atomic E-state index is 13.2. The van der Waals surface area contributed by atoms with E-state index in [0.717, 1.165) is 42.9 Å². The Morgan fingerprint density at radius 2 is 1.93 bits per heavy atom. The lowest BCUT2D eigenvalue weighted by Gasteiger charge is -2.43. The van der Waals surface area contributed by atoms with Crippen LogP contribution >= 0.6 is 0 Å². The van der Waals surface area contributed by atoms with Crippen molar-refractivity contribution in [1.29, 1.82) is 0 Å². The van der Waals surface area contributed by atoms with E-state index in [0.29, 0.717) is 24.8 Å². The largest absolute Gasteiger partial charge is 0.495 e. The molecule has 2 fully saturated rings. The van der Waals surface area contributed by atoms with Crippen LogP contribution < -0.4 is 15.2 Å². The third-order valence-corrected chi connectivity index (χ3v) is 7.68. The average Bonchev–Trinajstić information content (AvgIpc) is 3.37. The molecule has 0 unspecified atom stereocenters. The van der Waals surface area contributed by atoms with Crippen molar-refractivity contribution >= 4 is 11.8 Å². The third-order valence-electron chi connectivity index (χ3n) is 7.68. The van der Waals surface area contributed by atoms with Crippen LogP contribution in [0.3, 0.4) is 0 Å². The summed E-state index contributed by atoms with van der Waals surface area (Å²) in [4.78, 5) is 34.7. The molecule has 214 valence electrons. The van der Waals surface area contributed by atoms with E-state index >= 15 is 0 Å². The van der Waals surface area contributed by atoms with E-state index in [9.17, 15) is 9.59 Å². The molecule has 10 nitrogen and oxygen atoms in total. The highest BCUT2D eigenvalue weighted by atomic mass is 16.6. The van der Waals surface area contributed by atoms with Gasteiger partial charge in [-0.2, -0.15) is 5.10 Å². The van der Waals surface area contributed by atoms with Crippen molar-refractivity contribution in [2.24, 2.45) is 5.92 Å². The van der Waals surface area contributed by atoms with Crippen LogP contribution in [0.1, 0.15) is 58.4 Å². The number of piperidine rings is 1. The van der Waals surface area contributed by atoms with E-state index in [1.165, 1.54) is 19.3 Å². The van der Waals surface area contributed by atoms with Gasteiger partial charge in [-0.1, -0.05) is 6.42 Å². The van der Waals surface area contributed by atoms with E-state index in [1.807, 2.05) is 50.2 Å². The lowest BCUT2D eigenvalue weighted by Crippen LogP contribution is -2.53. The highest BCUT2D eigenvalue weighted by molar-refractivity contribution is 5.69. The van der Waals surface area contributed by atoms with E-state index < -0.39 is 5.60 Å². The third kappa shape index (κ3) is 6.66. The molecule has 4 heterocycles. The van der Waals surface area contributed by atoms with E-state index in [4.69, 9.17) is 9.47 Å². The summed E-state index contributed by atoms with van der Waals surface area (Å²) in [5.74, 6) is 1.20. The average molecular weight is 549 g/mol. The van der Waals surface area contributed by atoms with Gasteiger partial charge in [0.1, 0.15) is 11.4 Å². The Bertz CT molecular complexity index is 1370. The molecule has 0 bridgehead atoms. The maximum atomic E-state index is 13.2. The van der Waals surface area contributed by atoms with Crippen LogP contribution in [0.4, 0.5) is 10.5 Å². The van der Waals surface area contributed by atoms with Gasteiger partial charge in [0.25, 0.3) is 5.56 Å². The fraction of sp³-hybridized carbons (Fsp3) is 0.533. The maximum Gasteiger partial charge on any atom is 0.410 e. The molecule has 10 heteroatoms. The minimum absolute atomic E-state index is 0.0589. The van der Waals surface area contributed by atoms with Gasteiger partial charge in [0, 0.05) is 55.4 Å². The highest BCUT2D eigenvalue weighted by Crippen LogP contribution is 2.30. The van der Waals surface area contributed by atoms with Gasteiger partial charge < -0.3 is 23.8 Å². The molecule has 0 radical (unpaired) electrons. The topological polar surface area (TPSA) is 94.7 Å². The van der Waals surface area contributed by atoms with Crippen molar-refractivity contribution in [1.82, 2.24) is 24.2 Å². The molecule has 3 aromatic rings. The van der Waals surface area contributed by atoms with Gasteiger partial charge in [-0.15, -0.1) is 0 Å². The van der Waals surface area contributed by atoms with Crippen LogP contribution in [0.25, 0.3) is 5.69 Å². The quantitative estimate of drug-likeness (QED) is 0.409. The number of methoxy groups -OCH3 is 1. The Hall–Kier alpha value is -3.82. The normalized spacial score (nSPS) is 17.8. The summed E-state index contributed by atoms with van der Waals surface area (Å²) in [7, 11) is 1.60. The van der Waals surface area contributed by atoms with Crippen LogP contribution in [0, 0.1) is 5.92 Å². The Morgan fingerprint density at radius 3 is 2.62 bits per heavy atom. The van der Waals surface area contributed by atoms with Crippen molar-refractivity contribution < 1.29 is 14.3 Å². The zero-order valence-electron chi connectivity index (χ0n) is 24.0. The number of carbonyl (C=O) groups is 1. The molecule has 0 aromatic carbocycles. The number of hydrogen-bond donors (Lipinski definition) is 0. The molecule has 2 aliphatic rings. The summed E-state index contributed by atoms with van der Waals surface area (Å²) in [5, 5.41) is 4.43. The predicted molar refractivity (Wildman–Crippen MR) is 153 cm³/mol. The molecule has 0 spiro atoms. The van der Waals surface area contributed by atoms with Gasteiger partial charge in [-0.3, -0.25) is 9.78 Å². The van der Waals surface area contributed by atoms with Crippen LogP contribution in [0.5, 0.6) is 5.75 Å². The first kappa shape index (κ1) is 27.7. The second-order valence-electron chi connectivity index (χ2n) is 11.9. The van der Waals surface area contributed by atoms with E-state index in [2.05, 4.69) is 15.0 Å². The zero-order valence-corrected chi connectivity index (χ0v) is 24.0.